The fourth-order valence-electron chi connectivity index (χ4n) is 1.29. The summed E-state index contributed by atoms with van der Waals surface area (Å²) in [5, 5.41) is 9.08. The predicted octanol–water partition coefficient (Wildman–Crippen LogP) is 1.59. The lowest BCUT2D eigenvalue weighted by Gasteiger charge is -1.93. The van der Waals surface area contributed by atoms with Gasteiger partial charge >= 0.3 is 5.97 Å². The first-order chi connectivity index (χ1) is 7.09. The molecule has 0 radical (unpaired) electrons. The number of Topliss-reactive ketones (excluding diaryl/α,β-unsaturated/α-hetero) is 1. The fraction of sp³-hybridized carbons (Fsp3) is 0. The molecule has 5 nitrogen and oxygen atoms in total. The normalized spacial score (nSPS) is 10.5. The van der Waals surface area contributed by atoms with Gasteiger partial charge in [-0.25, -0.2) is 9.78 Å². The number of carboxylic acid groups (broad SMARTS) is 1. The number of carbonyl (C=O) groups excluding carboxylic acids is 1. The van der Waals surface area contributed by atoms with E-state index >= 15 is 0 Å². The Hall–Kier alpha value is -1.69. The van der Waals surface area contributed by atoms with Crippen molar-refractivity contribution in [1.82, 2.24) is 9.97 Å². The van der Waals surface area contributed by atoms with Crippen molar-refractivity contribution in [2.24, 2.45) is 0 Å². The maximum atomic E-state index is 11.2. The highest BCUT2D eigenvalue weighted by molar-refractivity contribution is 9.10. The van der Waals surface area contributed by atoms with Crippen LogP contribution in [0, 0.1) is 0 Å². The highest BCUT2D eigenvalue weighted by Crippen LogP contribution is 2.20. The lowest BCUT2D eigenvalue weighted by Crippen LogP contribution is -2.11. The van der Waals surface area contributed by atoms with Gasteiger partial charge in [-0.2, -0.15) is 0 Å². The van der Waals surface area contributed by atoms with E-state index in [4.69, 9.17) is 5.11 Å². The molecule has 0 atom stereocenters. The Labute approximate surface area is 92.3 Å². The number of aromatic amines is 1. The second-order valence-corrected chi connectivity index (χ2v) is 3.70. The minimum atomic E-state index is -1.47. The average Bonchev–Trinajstić information content (AvgIpc) is 2.59. The Morgan fingerprint density at radius 3 is 2.87 bits per heavy atom. The molecule has 2 aromatic rings. The Morgan fingerprint density at radius 2 is 2.20 bits per heavy atom. The number of carboxylic acids is 1. The number of rotatable bonds is 2. The Balaban J connectivity index is 2.64. The molecule has 0 aromatic carbocycles. The number of nitrogens with one attached hydrogen (secondary N) is 1. The number of ketones is 1. The van der Waals surface area contributed by atoms with E-state index in [2.05, 4.69) is 25.9 Å². The van der Waals surface area contributed by atoms with Gasteiger partial charge in [-0.1, -0.05) is 0 Å². The number of hydrogen-bond donors (Lipinski definition) is 2. The number of nitrogens with zero attached hydrogens (tertiary/aromatic N) is 1. The van der Waals surface area contributed by atoms with Gasteiger partial charge in [-0.05, 0) is 22.0 Å². The number of aromatic nitrogens is 2. The monoisotopic (exact) mass is 268 g/mol. The zero-order chi connectivity index (χ0) is 11.0. The second-order valence-electron chi connectivity index (χ2n) is 2.89. The molecular formula is C9H5BrN2O3. The number of aliphatic carboxylic acids is 1. The van der Waals surface area contributed by atoms with Gasteiger partial charge in [0.1, 0.15) is 4.60 Å². The molecule has 0 amide bonds. The zero-order valence-corrected chi connectivity index (χ0v) is 8.91. The van der Waals surface area contributed by atoms with Crippen molar-refractivity contribution in [3.05, 3.63) is 28.6 Å². The highest BCUT2D eigenvalue weighted by Gasteiger charge is 2.18. The third-order valence-electron chi connectivity index (χ3n) is 1.97. The summed E-state index contributed by atoms with van der Waals surface area (Å²) in [4.78, 5) is 28.5. The molecule has 0 aliphatic heterocycles. The SMILES string of the molecule is O=C(O)C(=O)c1c[nH]c2cc(Br)ncc12. The van der Waals surface area contributed by atoms with Crippen molar-refractivity contribution < 1.29 is 14.7 Å². The average molecular weight is 269 g/mol. The molecule has 2 rings (SSSR count). The molecular weight excluding hydrogens is 264 g/mol. The van der Waals surface area contributed by atoms with Gasteiger partial charge in [0.15, 0.2) is 0 Å². The number of halogens is 1. The number of pyridine rings is 1. The van der Waals surface area contributed by atoms with E-state index in [0.717, 1.165) is 0 Å². The lowest BCUT2D eigenvalue weighted by atomic mass is 10.1. The van der Waals surface area contributed by atoms with Gasteiger partial charge in [0.05, 0.1) is 11.1 Å². The first-order valence-electron chi connectivity index (χ1n) is 4.00. The minimum absolute atomic E-state index is 0.123. The summed E-state index contributed by atoms with van der Waals surface area (Å²) >= 11 is 3.18. The van der Waals surface area contributed by atoms with Crippen LogP contribution in [-0.2, 0) is 4.79 Å². The maximum Gasteiger partial charge on any atom is 0.377 e. The maximum absolute atomic E-state index is 11.2. The van der Waals surface area contributed by atoms with Gasteiger partial charge in [-0.3, -0.25) is 4.79 Å². The van der Waals surface area contributed by atoms with E-state index < -0.39 is 11.8 Å². The summed E-state index contributed by atoms with van der Waals surface area (Å²) in [7, 11) is 0. The highest BCUT2D eigenvalue weighted by atomic mass is 79.9. The molecule has 76 valence electrons. The molecule has 15 heavy (non-hydrogen) atoms. The Kier molecular flexibility index (Phi) is 2.28. The molecule has 6 heteroatoms. The largest absolute Gasteiger partial charge is 0.475 e. The molecule has 0 aliphatic rings. The van der Waals surface area contributed by atoms with Crippen LogP contribution in [0.15, 0.2) is 23.1 Å². The van der Waals surface area contributed by atoms with E-state index in [-0.39, 0.29) is 5.56 Å². The van der Waals surface area contributed by atoms with Crippen LogP contribution in [0.3, 0.4) is 0 Å². The molecule has 0 saturated heterocycles. The van der Waals surface area contributed by atoms with Gasteiger partial charge in [-0.15, -0.1) is 0 Å². The summed E-state index contributed by atoms with van der Waals surface area (Å²) in [5.41, 5.74) is 0.791. The zero-order valence-electron chi connectivity index (χ0n) is 7.32. The van der Waals surface area contributed by atoms with Crippen LogP contribution in [0.4, 0.5) is 0 Å². The molecule has 0 spiro atoms. The van der Waals surface area contributed by atoms with Crippen LogP contribution in [-0.4, -0.2) is 26.8 Å². The van der Waals surface area contributed by atoms with E-state index in [0.29, 0.717) is 15.5 Å². The van der Waals surface area contributed by atoms with Crippen LogP contribution in [0.1, 0.15) is 10.4 Å². The molecule has 0 fully saturated rings. The number of H-pyrrole nitrogens is 1. The molecule has 0 bridgehead atoms. The smallest absolute Gasteiger partial charge is 0.377 e. The third-order valence-corrected chi connectivity index (χ3v) is 2.41. The van der Waals surface area contributed by atoms with Crippen LogP contribution >= 0.6 is 15.9 Å². The number of fused-ring (bicyclic) bond motifs is 1. The van der Waals surface area contributed by atoms with Crippen LogP contribution in [0.5, 0.6) is 0 Å². The summed E-state index contributed by atoms with van der Waals surface area (Å²) in [6, 6.07) is 1.67. The van der Waals surface area contributed by atoms with E-state index in [1.807, 2.05) is 0 Å². The molecule has 0 aliphatic carbocycles. The molecule has 0 unspecified atom stereocenters. The van der Waals surface area contributed by atoms with Crippen molar-refractivity contribution in [3.8, 4) is 0 Å². The van der Waals surface area contributed by atoms with Crippen LogP contribution in [0.25, 0.3) is 10.9 Å². The fourth-order valence-corrected chi connectivity index (χ4v) is 1.63. The second kappa shape index (κ2) is 3.47. The number of carbonyl (C=O) groups is 2. The topological polar surface area (TPSA) is 83.0 Å². The van der Waals surface area contributed by atoms with Crippen LogP contribution < -0.4 is 0 Å². The lowest BCUT2D eigenvalue weighted by molar-refractivity contribution is -0.131. The van der Waals surface area contributed by atoms with E-state index in [1.54, 1.807) is 6.07 Å². The molecule has 2 heterocycles. The Morgan fingerprint density at radius 1 is 1.47 bits per heavy atom. The van der Waals surface area contributed by atoms with E-state index in [9.17, 15) is 9.59 Å². The third kappa shape index (κ3) is 1.63. The minimum Gasteiger partial charge on any atom is -0.475 e. The Bertz CT molecular complexity index is 561. The summed E-state index contributed by atoms with van der Waals surface area (Å²) in [6.07, 6.45) is 2.82. The van der Waals surface area contributed by atoms with Crippen molar-refractivity contribution in [1.29, 1.82) is 0 Å². The quantitative estimate of drug-likeness (QED) is 0.492. The van der Waals surface area contributed by atoms with Crippen molar-refractivity contribution in [2.45, 2.75) is 0 Å². The van der Waals surface area contributed by atoms with Crippen LogP contribution in [0.2, 0.25) is 0 Å². The van der Waals surface area contributed by atoms with Gasteiger partial charge in [0.25, 0.3) is 5.78 Å². The first kappa shape index (κ1) is 9.85. The van der Waals surface area contributed by atoms with E-state index in [1.165, 1.54) is 12.4 Å². The summed E-state index contributed by atoms with van der Waals surface area (Å²) in [6.45, 7) is 0. The predicted molar refractivity (Wildman–Crippen MR) is 55.8 cm³/mol. The first-order valence-corrected chi connectivity index (χ1v) is 4.79. The molecule has 0 saturated carbocycles. The summed E-state index contributed by atoms with van der Waals surface area (Å²) in [5.74, 6) is -2.41. The van der Waals surface area contributed by atoms with Crippen molar-refractivity contribution >= 4 is 38.6 Å². The number of hydrogen-bond acceptors (Lipinski definition) is 3. The molecule has 2 N–H and O–H groups in total. The van der Waals surface area contributed by atoms with Crippen molar-refractivity contribution in [2.75, 3.05) is 0 Å². The van der Waals surface area contributed by atoms with Gasteiger partial charge < -0.3 is 10.1 Å². The van der Waals surface area contributed by atoms with Gasteiger partial charge in [0.2, 0.25) is 0 Å². The standard InChI is InChI=1S/C9H5BrN2O3/c10-7-1-6-4(2-12-7)5(3-11-6)8(13)9(14)15/h1-3,11H,(H,14,15). The summed E-state index contributed by atoms with van der Waals surface area (Å²) < 4.78 is 0.617. The van der Waals surface area contributed by atoms with Crippen molar-refractivity contribution in [3.63, 3.8) is 0 Å². The van der Waals surface area contributed by atoms with Gasteiger partial charge in [0, 0.05) is 17.8 Å². The molecule has 2 aromatic heterocycles.